The highest BCUT2D eigenvalue weighted by Crippen LogP contribution is 2.32. The fraction of sp³-hybridized carbons (Fsp3) is 0.393. The number of rotatable bonds is 5. The first-order valence-electron chi connectivity index (χ1n) is 13.4. The second kappa shape index (κ2) is 9.46. The maximum Gasteiger partial charge on any atom is 0.159 e. The van der Waals surface area contributed by atoms with Crippen molar-refractivity contribution in [2.75, 3.05) is 18.0 Å². The number of aromatic nitrogens is 7. The van der Waals surface area contributed by atoms with Gasteiger partial charge in [-0.05, 0) is 63.1 Å². The minimum Gasteiger partial charge on any atom is -0.489 e. The molecule has 5 aromatic heterocycles. The van der Waals surface area contributed by atoms with Gasteiger partial charge in [0, 0.05) is 42.8 Å². The van der Waals surface area contributed by atoms with Gasteiger partial charge in [0.2, 0.25) is 0 Å². The molecule has 1 aliphatic carbocycles. The number of hydrogen-bond donors (Lipinski definition) is 2. The van der Waals surface area contributed by atoms with Crippen molar-refractivity contribution in [2.24, 2.45) is 0 Å². The smallest absolute Gasteiger partial charge is 0.159 e. The van der Waals surface area contributed by atoms with Gasteiger partial charge in [-0.1, -0.05) is 6.42 Å². The normalized spacial score (nSPS) is 17.0. The number of hydrogen-bond acceptors (Lipinski definition) is 7. The van der Waals surface area contributed by atoms with Crippen molar-refractivity contribution in [3.63, 3.8) is 0 Å². The molecule has 2 fully saturated rings. The van der Waals surface area contributed by atoms with Crippen molar-refractivity contribution in [2.45, 2.75) is 57.5 Å². The van der Waals surface area contributed by atoms with Crippen LogP contribution in [0.2, 0.25) is 0 Å². The minimum absolute atomic E-state index is 0.282. The second-order valence-corrected chi connectivity index (χ2v) is 10.1. The van der Waals surface area contributed by atoms with E-state index < -0.39 is 0 Å². The lowest BCUT2D eigenvalue weighted by molar-refractivity contribution is 0.154. The number of piperidine rings is 1. The van der Waals surface area contributed by atoms with E-state index in [1.54, 1.807) is 6.20 Å². The van der Waals surface area contributed by atoms with Crippen LogP contribution in [-0.4, -0.2) is 54.3 Å². The standard InChI is InChI=1S/C28H30N8O/c1-3-7-20(8-4-1)37-21-13-18(15-29-17-21)19-14-22-24(34-35-26(22)31-16-19)27-32-23-9-10-30-28(25(23)33-27)36-11-5-2-6-12-36/h9-10,13-17,20H,1-8,11-12H2,(H,32,33)(H,31,34,35). The molecule has 7 rings (SSSR count). The van der Waals surface area contributed by atoms with Crippen LogP contribution >= 0.6 is 0 Å². The Kier molecular flexibility index (Phi) is 5.68. The van der Waals surface area contributed by atoms with Gasteiger partial charge in [0.05, 0.1) is 23.2 Å². The lowest BCUT2D eigenvalue weighted by Crippen LogP contribution is -2.30. The van der Waals surface area contributed by atoms with Crippen LogP contribution in [0.15, 0.2) is 43.0 Å². The molecule has 0 bridgehead atoms. The molecule has 0 spiro atoms. The first-order valence-corrected chi connectivity index (χ1v) is 13.4. The van der Waals surface area contributed by atoms with Gasteiger partial charge < -0.3 is 14.6 Å². The van der Waals surface area contributed by atoms with E-state index in [0.717, 1.165) is 76.4 Å². The lowest BCUT2D eigenvalue weighted by atomic mass is 9.98. The third-order valence-electron chi connectivity index (χ3n) is 7.58. The van der Waals surface area contributed by atoms with E-state index in [-0.39, 0.29) is 6.10 Å². The number of aromatic amines is 2. The van der Waals surface area contributed by atoms with Gasteiger partial charge in [-0.2, -0.15) is 5.10 Å². The Morgan fingerprint density at radius 1 is 0.892 bits per heavy atom. The van der Waals surface area contributed by atoms with Gasteiger partial charge in [-0.15, -0.1) is 0 Å². The first kappa shape index (κ1) is 22.2. The molecule has 0 unspecified atom stereocenters. The number of nitrogens with one attached hydrogen (secondary N) is 2. The molecule has 1 saturated heterocycles. The average molecular weight is 495 g/mol. The van der Waals surface area contributed by atoms with E-state index in [1.165, 1.54) is 38.5 Å². The third-order valence-corrected chi connectivity index (χ3v) is 7.58. The number of ether oxygens (including phenoxy) is 1. The van der Waals surface area contributed by atoms with Crippen molar-refractivity contribution in [1.82, 2.24) is 35.1 Å². The molecule has 37 heavy (non-hydrogen) atoms. The molecule has 9 heteroatoms. The lowest BCUT2D eigenvalue weighted by Gasteiger charge is -2.27. The Morgan fingerprint density at radius 3 is 2.62 bits per heavy atom. The van der Waals surface area contributed by atoms with Gasteiger partial charge in [-0.25, -0.2) is 15.0 Å². The molecule has 6 heterocycles. The van der Waals surface area contributed by atoms with Crippen molar-refractivity contribution in [1.29, 1.82) is 0 Å². The molecule has 9 nitrogen and oxygen atoms in total. The number of imidazole rings is 1. The van der Waals surface area contributed by atoms with Crippen LogP contribution in [0, 0.1) is 0 Å². The number of fused-ring (bicyclic) bond motifs is 2. The quantitative estimate of drug-likeness (QED) is 0.324. The topological polar surface area (TPSA) is 108 Å². The molecule has 5 aromatic rings. The van der Waals surface area contributed by atoms with E-state index in [0.29, 0.717) is 5.82 Å². The molecule has 1 saturated carbocycles. The number of nitrogens with zero attached hydrogens (tertiary/aromatic N) is 6. The van der Waals surface area contributed by atoms with E-state index in [4.69, 9.17) is 9.72 Å². The van der Waals surface area contributed by atoms with Crippen molar-refractivity contribution < 1.29 is 4.74 Å². The van der Waals surface area contributed by atoms with Crippen LogP contribution in [0.4, 0.5) is 5.82 Å². The maximum atomic E-state index is 6.25. The van der Waals surface area contributed by atoms with Crippen LogP contribution in [-0.2, 0) is 0 Å². The summed E-state index contributed by atoms with van der Waals surface area (Å²) in [7, 11) is 0. The van der Waals surface area contributed by atoms with Crippen molar-refractivity contribution in [3.8, 4) is 28.4 Å². The molecular formula is C28H30N8O. The summed E-state index contributed by atoms with van der Waals surface area (Å²) in [5.74, 6) is 2.46. The van der Waals surface area contributed by atoms with Crippen molar-refractivity contribution >= 4 is 27.9 Å². The molecule has 0 radical (unpaired) electrons. The maximum absolute atomic E-state index is 6.25. The Bertz CT molecular complexity index is 1540. The first-order chi connectivity index (χ1) is 18.3. The Labute approximate surface area is 214 Å². The van der Waals surface area contributed by atoms with Crippen LogP contribution in [0.5, 0.6) is 5.75 Å². The van der Waals surface area contributed by atoms with E-state index >= 15 is 0 Å². The van der Waals surface area contributed by atoms with Crippen LogP contribution in [0.25, 0.3) is 44.7 Å². The predicted octanol–water partition coefficient (Wildman–Crippen LogP) is 5.66. The summed E-state index contributed by atoms with van der Waals surface area (Å²) in [6.45, 7) is 2.04. The highest BCUT2D eigenvalue weighted by Gasteiger charge is 2.20. The molecule has 2 N–H and O–H groups in total. The molecular weight excluding hydrogens is 464 g/mol. The Balaban J connectivity index is 1.23. The zero-order valence-electron chi connectivity index (χ0n) is 20.8. The van der Waals surface area contributed by atoms with Gasteiger partial charge >= 0.3 is 0 Å². The largest absolute Gasteiger partial charge is 0.489 e. The number of H-pyrrole nitrogens is 2. The van der Waals surface area contributed by atoms with Crippen molar-refractivity contribution in [3.05, 3.63) is 43.0 Å². The predicted molar refractivity (Wildman–Crippen MR) is 144 cm³/mol. The fourth-order valence-corrected chi connectivity index (χ4v) is 5.63. The highest BCUT2D eigenvalue weighted by molar-refractivity contribution is 5.95. The van der Waals surface area contributed by atoms with E-state index in [1.807, 2.05) is 24.7 Å². The molecule has 1 aliphatic heterocycles. The molecule has 0 atom stereocenters. The SMILES string of the molecule is c1cc2[nH]c(-c3n[nH]c4ncc(-c5cncc(OC6CCCCC6)c5)cc34)nc2c(N2CCCCC2)n1. The van der Waals surface area contributed by atoms with Crippen LogP contribution in [0.1, 0.15) is 51.4 Å². The Morgan fingerprint density at radius 2 is 1.73 bits per heavy atom. The molecule has 2 aliphatic rings. The number of pyridine rings is 3. The minimum atomic E-state index is 0.282. The summed E-state index contributed by atoms with van der Waals surface area (Å²) in [6.07, 6.45) is 17.3. The summed E-state index contributed by atoms with van der Waals surface area (Å²) < 4.78 is 6.25. The third kappa shape index (κ3) is 4.28. The Hall–Kier alpha value is -4.01. The highest BCUT2D eigenvalue weighted by atomic mass is 16.5. The van der Waals surface area contributed by atoms with Gasteiger partial charge in [0.1, 0.15) is 17.0 Å². The van der Waals surface area contributed by atoms with Gasteiger partial charge in [-0.3, -0.25) is 10.1 Å². The summed E-state index contributed by atoms with van der Waals surface area (Å²) >= 11 is 0. The molecule has 188 valence electrons. The van der Waals surface area contributed by atoms with E-state index in [2.05, 4.69) is 47.2 Å². The average Bonchev–Trinajstić information content (AvgIpc) is 3.58. The summed E-state index contributed by atoms with van der Waals surface area (Å²) in [5, 5.41) is 8.55. The fourth-order valence-electron chi connectivity index (χ4n) is 5.63. The molecule has 0 amide bonds. The van der Waals surface area contributed by atoms with Gasteiger partial charge in [0.15, 0.2) is 17.3 Å². The van der Waals surface area contributed by atoms with Gasteiger partial charge in [0.25, 0.3) is 0 Å². The summed E-state index contributed by atoms with van der Waals surface area (Å²) in [4.78, 5) is 24.5. The van der Waals surface area contributed by atoms with Crippen LogP contribution in [0.3, 0.4) is 0 Å². The van der Waals surface area contributed by atoms with Crippen LogP contribution < -0.4 is 9.64 Å². The monoisotopic (exact) mass is 494 g/mol. The summed E-state index contributed by atoms with van der Waals surface area (Å²) in [6, 6.07) is 6.13. The second-order valence-electron chi connectivity index (χ2n) is 10.1. The zero-order chi connectivity index (χ0) is 24.6. The number of anilines is 1. The van der Waals surface area contributed by atoms with E-state index in [9.17, 15) is 0 Å². The molecule has 0 aromatic carbocycles. The summed E-state index contributed by atoms with van der Waals surface area (Å²) in [5.41, 5.74) is 5.24. The zero-order valence-corrected chi connectivity index (χ0v) is 20.8.